The molecule has 2 aromatic carbocycles. The number of thioether (sulfide) groups is 1. The zero-order valence-corrected chi connectivity index (χ0v) is 21.2. The van der Waals surface area contributed by atoms with Gasteiger partial charge in [-0.3, -0.25) is 4.79 Å². The van der Waals surface area contributed by atoms with E-state index in [1.54, 1.807) is 19.1 Å². The highest BCUT2D eigenvalue weighted by Gasteiger charge is 2.42. The maximum Gasteiger partial charge on any atom is 0.338 e. The van der Waals surface area contributed by atoms with E-state index in [2.05, 4.69) is 0 Å². The van der Waals surface area contributed by atoms with E-state index >= 15 is 0 Å². The molecule has 0 aliphatic carbocycles. The monoisotopic (exact) mass is 491 g/mol. The predicted octanol–water partition coefficient (Wildman–Crippen LogP) is 4.88. The van der Waals surface area contributed by atoms with Crippen LogP contribution in [0.5, 0.6) is 5.75 Å². The summed E-state index contributed by atoms with van der Waals surface area (Å²) >= 11 is 1.46. The number of rotatable bonds is 8. The molecule has 1 atom stereocenters. The molecule has 0 spiro atoms. The Morgan fingerprint density at radius 1 is 1.09 bits per heavy atom. The van der Waals surface area contributed by atoms with Crippen molar-refractivity contribution >= 4 is 28.8 Å². The topological polar surface area (TPSA) is 71.4 Å². The number of para-hydroxylation sites is 1. The number of nitrogens with zero attached hydrogens (tertiary/aromatic N) is 3. The predicted molar refractivity (Wildman–Crippen MR) is 138 cm³/mol. The van der Waals surface area contributed by atoms with E-state index in [9.17, 15) is 9.59 Å². The number of hydrogen-bond donors (Lipinski definition) is 0. The van der Waals surface area contributed by atoms with Crippen LogP contribution in [0.1, 0.15) is 36.9 Å². The summed E-state index contributed by atoms with van der Waals surface area (Å²) in [4.78, 5) is 34.7. The first-order valence-corrected chi connectivity index (χ1v) is 12.3. The van der Waals surface area contributed by atoms with Crippen LogP contribution in [-0.4, -0.2) is 48.1 Å². The Morgan fingerprint density at radius 3 is 2.49 bits per heavy atom. The number of aliphatic imine (C=N–C) groups is 1. The molecule has 2 heterocycles. The molecule has 8 heteroatoms. The van der Waals surface area contributed by atoms with Gasteiger partial charge in [0.2, 0.25) is 5.91 Å². The van der Waals surface area contributed by atoms with Crippen molar-refractivity contribution in [3.05, 3.63) is 88.1 Å². The van der Waals surface area contributed by atoms with Crippen LogP contribution >= 0.6 is 11.8 Å². The highest BCUT2D eigenvalue weighted by Crippen LogP contribution is 2.47. The summed E-state index contributed by atoms with van der Waals surface area (Å²) in [6.45, 7) is 2.48. The smallest absolute Gasteiger partial charge is 0.338 e. The van der Waals surface area contributed by atoms with E-state index in [1.807, 2.05) is 71.8 Å². The lowest BCUT2D eigenvalue weighted by Crippen LogP contribution is -2.38. The Morgan fingerprint density at radius 2 is 1.80 bits per heavy atom. The van der Waals surface area contributed by atoms with Crippen LogP contribution < -0.4 is 4.74 Å². The molecule has 0 N–H and O–H groups in total. The second-order valence-electron chi connectivity index (χ2n) is 8.25. The molecule has 182 valence electrons. The summed E-state index contributed by atoms with van der Waals surface area (Å²) in [6, 6.07) is 17.0. The van der Waals surface area contributed by atoms with Crippen LogP contribution in [0.4, 0.5) is 0 Å². The summed E-state index contributed by atoms with van der Waals surface area (Å²) in [7, 11) is 4.78. The van der Waals surface area contributed by atoms with Gasteiger partial charge in [0, 0.05) is 24.9 Å². The number of carbonyl (C=O) groups excluding carboxylic acids is 2. The average Bonchev–Trinajstić information content (AvgIpc) is 3.29. The van der Waals surface area contributed by atoms with Crippen molar-refractivity contribution in [2.24, 2.45) is 4.99 Å². The van der Waals surface area contributed by atoms with Crippen molar-refractivity contribution in [3.8, 4) is 5.75 Å². The maximum atomic E-state index is 13.2. The molecule has 7 nitrogen and oxygen atoms in total. The quantitative estimate of drug-likeness (QED) is 0.490. The molecular formula is C27H29N3O4S. The molecule has 2 aliphatic rings. The number of allylic oxidation sites excluding steroid dienone is 1. The van der Waals surface area contributed by atoms with Gasteiger partial charge in [0.05, 0.1) is 38.0 Å². The Labute approximate surface area is 210 Å². The number of amidine groups is 1. The molecule has 0 aromatic heterocycles. The number of carbonyl (C=O) groups is 2. The minimum absolute atomic E-state index is 0.0226. The van der Waals surface area contributed by atoms with Crippen molar-refractivity contribution in [3.63, 3.8) is 0 Å². The number of benzene rings is 2. The lowest BCUT2D eigenvalue weighted by Gasteiger charge is -2.37. The van der Waals surface area contributed by atoms with Gasteiger partial charge >= 0.3 is 5.97 Å². The number of fused-ring (bicyclic) bond motifs is 1. The van der Waals surface area contributed by atoms with Gasteiger partial charge in [-0.05, 0) is 23.5 Å². The highest BCUT2D eigenvalue weighted by molar-refractivity contribution is 8.16. The van der Waals surface area contributed by atoms with Gasteiger partial charge in [-0.1, -0.05) is 67.2 Å². The summed E-state index contributed by atoms with van der Waals surface area (Å²) < 4.78 is 10.8. The van der Waals surface area contributed by atoms with Crippen LogP contribution in [0.15, 0.2) is 82.0 Å². The standard InChI is InChI=1S/C27H29N3O4S/c1-5-21-24(26(32)34-4)25(20-13-9-10-14-22(20)33-3)30-19(17-35-27(30)28-21)15-23(31)29(2)16-18-11-7-6-8-12-18/h6-14,17,25H,5,15-16H2,1-4H3/t25-/m0/s1. The largest absolute Gasteiger partial charge is 0.496 e. The van der Waals surface area contributed by atoms with Crippen molar-refractivity contribution < 1.29 is 19.1 Å². The van der Waals surface area contributed by atoms with E-state index in [-0.39, 0.29) is 12.3 Å². The number of esters is 1. The van der Waals surface area contributed by atoms with E-state index in [0.29, 0.717) is 30.0 Å². The lowest BCUT2D eigenvalue weighted by atomic mass is 9.92. The fourth-order valence-corrected chi connectivity index (χ4v) is 5.27. The zero-order chi connectivity index (χ0) is 24.9. The summed E-state index contributed by atoms with van der Waals surface area (Å²) in [5.41, 5.74) is 3.79. The van der Waals surface area contributed by atoms with E-state index in [1.165, 1.54) is 18.9 Å². The number of amides is 1. The number of hydrogen-bond acceptors (Lipinski definition) is 7. The van der Waals surface area contributed by atoms with Gasteiger partial charge in [0.15, 0.2) is 5.17 Å². The van der Waals surface area contributed by atoms with E-state index in [0.717, 1.165) is 22.0 Å². The molecular weight excluding hydrogens is 462 g/mol. The van der Waals surface area contributed by atoms with Gasteiger partial charge in [0.1, 0.15) is 5.75 Å². The first-order valence-electron chi connectivity index (χ1n) is 11.4. The molecule has 2 aliphatic heterocycles. The Balaban J connectivity index is 1.69. The second-order valence-corrected chi connectivity index (χ2v) is 9.09. The van der Waals surface area contributed by atoms with Crippen LogP contribution in [-0.2, 0) is 20.9 Å². The highest BCUT2D eigenvalue weighted by atomic mass is 32.2. The normalized spacial score (nSPS) is 16.9. The summed E-state index contributed by atoms with van der Waals surface area (Å²) in [5, 5.41) is 2.68. The minimum atomic E-state index is -0.519. The average molecular weight is 492 g/mol. The first kappa shape index (κ1) is 24.6. The third kappa shape index (κ3) is 4.98. The maximum absolute atomic E-state index is 13.2. The van der Waals surface area contributed by atoms with E-state index < -0.39 is 12.0 Å². The van der Waals surface area contributed by atoms with Crippen LogP contribution in [0.25, 0.3) is 0 Å². The van der Waals surface area contributed by atoms with Crippen LogP contribution in [0.2, 0.25) is 0 Å². The van der Waals surface area contributed by atoms with Crippen LogP contribution in [0, 0.1) is 0 Å². The molecule has 1 amide bonds. The van der Waals surface area contributed by atoms with Gasteiger partial charge in [-0.15, -0.1) is 0 Å². The number of ether oxygens (including phenoxy) is 2. The van der Waals surface area contributed by atoms with Crippen molar-refractivity contribution in [2.45, 2.75) is 32.4 Å². The lowest BCUT2D eigenvalue weighted by molar-refractivity contribution is -0.136. The molecule has 35 heavy (non-hydrogen) atoms. The Kier molecular flexibility index (Phi) is 7.60. The second kappa shape index (κ2) is 10.8. The molecule has 0 saturated heterocycles. The van der Waals surface area contributed by atoms with Crippen molar-refractivity contribution in [2.75, 3.05) is 21.3 Å². The van der Waals surface area contributed by atoms with Gasteiger partial charge < -0.3 is 19.3 Å². The van der Waals surface area contributed by atoms with Crippen molar-refractivity contribution in [1.82, 2.24) is 9.80 Å². The first-order chi connectivity index (χ1) is 17.0. The fourth-order valence-electron chi connectivity index (χ4n) is 4.33. The third-order valence-electron chi connectivity index (χ3n) is 6.08. The van der Waals surface area contributed by atoms with Crippen LogP contribution in [0.3, 0.4) is 0 Å². The Hall–Kier alpha value is -3.52. The van der Waals surface area contributed by atoms with Gasteiger partial charge in [-0.25, -0.2) is 9.79 Å². The zero-order valence-electron chi connectivity index (χ0n) is 20.4. The molecule has 0 saturated carbocycles. The van der Waals surface area contributed by atoms with E-state index in [4.69, 9.17) is 14.5 Å². The van der Waals surface area contributed by atoms with Gasteiger partial charge in [0.25, 0.3) is 0 Å². The fraction of sp³-hybridized carbons (Fsp3) is 0.296. The Bertz CT molecular complexity index is 1210. The van der Waals surface area contributed by atoms with Gasteiger partial charge in [-0.2, -0.15) is 0 Å². The SMILES string of the molecule is CCC1=C(C(=O)OC)[C@H](c2ccccc2OC)N2C(CC(=O)N(C)Cc3ccccc3)=CSC2=N1. The molecule has 0 bridgehead atoms. The molecule has 4 rings (SSSR count). The summed E-state index contributed by atoms with van der Waals surface area (Å²) in [6.07, 6.45) is 0.749. The molecule has 0 fully saturated rings. The van der Waals surface area contributed by atoms with Crippen molar-refractivity contribution in [1.29, 1.82) is 0 Å². The molecule has 0 unspecified atom stereocenters. The third-order valence-corrected chi connectivity index (χ3v) is 6.97. The molecule has 0 radical (unpaired) electrons. The number of methoxy groups -OCH3 is 2. The summed E-state index contributed by atoms with van der Waals surface area (Å²) in [5.74, 6) is 0.189. The molecule has 2 aromatic rings. The minimum Gasteiger partial charge on any atom is -0.496 e.